The Balaban J connectivity index is 1.60. The number of ether oxygens (including phenoxy) is 1. The van der Waals surface area contributed by atoms with E-state index in [2.05, 4.69) is 17.2 Å². The summed E-state index contributed by atoms with van der Waals surface area (Å²) < 4.78 is 83.6. The predicted molar refractivity (Wildman–Crippen MR) is 136 cm³/mol. The van der Waals surface area contributed by atoms with E-state index in [1.54, 1.807) is 24.3 Å². The van der Waals surface area contributed by atoms with Crippen LogP contribution in [0.5, 0.6) is 0 Å². The zero-order valence-corrected chi connectivity index (χ0v) is 21.2. The van der Waals surface area contributed by atoms with E-state index in [1.165, 1.54) is 25.3 Å². The van der Waals surface area contributed by atoms with Crippen LogP contribution in [0.1, 0.15) is 44.6 Å². The van der Waals surface area contributed by atoms with Gasteiger partial charge in [0.15, 0.2) is 5.78 Å². The van der Waals surface area contributed by atoms with Crippen molar-refractivity contribution in [2.75, 3.05) is 17.7 Å². The number of anilines is 2. The molecular weight excluding hydrogens is 554 g/mol. The van der Waals surface area contributed by atoms with E-state index in [1.807, 2.05) is 5.32 Å². The summed E-state index contributed by atoms with van der Waals surface area (Å²) in [4.78, 5) is 37.7. The minimum atomic E-state index is -5.08. The molecule has 0 aliphatic heterocycles. The van der Waals surface area contributed by atoms with Crippen molar-refractivity contribution < 1.29 is 45.5 Å². The lowest BCUT2D eigenvalue weighted by molar-refractivity contribution is -0.144. The van der Waals surface area contributed by atoms with E-state index >= 15 is 0 Å². The first-order valence-electron chi connectivity index (χ1n) is 12.0. The Morgan fingerprint density at radius 3 is 2.10 bits per heavy atom. The molecule has 3 aromatic carbocycles. The maximum atomic E-state index is 13.2. The van der Waals surface area contributed by atoms with Gasteiger partial charge in [-0.25, -0.2) is 4.79 Å². The third-order valence-electron chi connectivity index (χ3n) is 6.25. The monoisotopic (exact) mass is 574 g/mol. The molecule has 1 aliphatic rings. The fraction of sp³-hybridized carbons (Fsp3) is 0.207. The summed E-state index contributed by atoms with van der Waals surface area (Å²) in [5.74, 6) is 3.67. The van der Waals surface area contributed by atoms with Gasteiger partial charge in [0.2, 0.25) is 0 Å². The summed E-state index contributed by atoms with van der Waals surface area (Å²) in [6.45, 7) is 0. The quantitative estimate of drug-likeness (QED) is 0.158. The molecule has 0 fully saturated rings. The van der Waals surface area contributed by atoms with Crippen LogP contribution in [0.15, 0.2) is 60.7 Å². The predicted octanol–water partition coefficient (Wildman–Crippen LogP) is 6.69. The maximum Gasteiger partial charge on any atom is 0.416 e. The number of carbonyl (C=O) groups is 3. The van der Waals surface area contributed by atoms with Gasteiger partial charge in [0, 0.05) is 22.4 Å². The Kier molecular flexibility index (Phi) is 8.10. The van der Waals surface area contributed by atoms with E-state index in [0.29, 0.717) is 36.1 Å². The van der Waals surface area contributed by atoms with Crippen molar-refractivity contribution in [2.45, 2.75) is 25.2 Å². The van der Waals surface area contributed by atoms with Crippen molar-refractivity contribution in [3.63, 3.8) is 0 Å². The molecule has 0 aromatic heterocycles. The first kappa shape index (κ1) is 29.2. The summed E-state index contributed by atoms with van der Waals surface area (Å²) in [7, 11) is 1.19. The Hall–Kier alpha value is -4.79. The number of nitrogens with one attached hydrogen (secondary N) is 2. The Labute approximate surface area is 229 Å². The highest BCUT2D eigenvalue weighted by Gasteiger charge is 2.37. The lowest BCUT2D eigenvalue weighted by Gasteiger charge is -2.22. The van der Waals surface area contributed by atoms with Gasteiger partial charge in [-0.05, 0) is 54.8 Å². The van der Waals surface area contributed by atoms with Gasteiger partial charge in [-0.15, -0.1) is 0 Å². The summed E-state index contributed by atoms with van der Waals surface area (Å²) in [5, 5.41) is 4.37. The number of benzene rings is 3. The molecule has 4 rings (SSSR count). The van der Waals surface area contributed by atoms with Crippen molar-refractivity contribution in [2.24, 2.45) is 5.92 Å². The molecule has 12 heteroatoms. The van der Waals surface area contributed by atoms with Crippen molar-refractivity contribution >= 4 is 29.2 Å². The fourth-order valence-corrected chi connectivity index (χ4v) is 4.32. The number of Topliss-reactive ketones (excluding diaryl/α,β-unsaturated/α-hetero) is 1. The average molecular weight is 574 g/mol. The molecule has 6 nitrogen and oxygen atoms in total. The molecule has 212 valence electrons. The Morgan fingerprint density at radius 2 is 1.46 bits per heavy atom. The number of hydrogen-bond donors (Lipinski definition) is 2. The molecule has 1 aliphatic carbocycles. The van der Waals surface area contributed by atoms with Crippen LogP contribution in [0.3, 0.4) is 0 Å². The summed E-state index contributed by atoms with van der Waals surface area (Å²) in [6.07, 6.45) is -9.40. The van der Waals surface area contributed by atoms with E-state index in [-0.39, 0.29) is 22.9 Å². The molecule has 0 unspecified atom stereocenters. The van der Waals surface area contributed by atoms with E-state index < -0.39 is 52.9 Å². The fourth-order valence-electron chi connectivity index (χ4n) is 4.32. The second-order valence-electron chi connectivity index (χ2n) is 8.99. The zero-order chi connectivity index (χ0) is 29.9. The van der Waals surface area contributed by atoms with Crippen molar-refractivity contribution in [1.29, 1.82) is 0 Å². The van der Waals surface area contributed by atoms with Crippen molar-refractivity contribution in [1.82, 2.24) is 0 Å². The van der Waals surface area contributed by atoms with E-state index in [0.717, 1.165) is 0 Å². The Morgan fingerprint density at radius 1 is 0.854 bits per heavy atom. The lowest BCUT2D eigenvalue weighted by atomic mass is 9.80. The van der Waals surface area contributed by atoms with Gasteiger partial charge in [0.25, 0.3) is 0 Å². The van der Waals surface area contributed by atoms with Crippen LogP contribution in [0.25, 0.3) is 0 Å². The molecule has 0 spiro atoms. The normalized spacial score (nSPS) is 14.8. The molecule has 0 radical (unpaired) electrons. The first-order chi connectivity index (χ1) is 19.3. The van der Waals surface area contributed by atoms with Gasteiger partial charge < -0.3 is 15.4 Å². The van der Waals surface area contributed by atoms with Crippen LogP contribution in [0.4, 0.5) is 42.5 Å². The lowest BCUT2D eigenvalue weighted by Crippen LogP contribution is -2.31. The van der Waals surface area contributed by atoms with Gasteiger partial charge in [-0.3, -0.25) is 9.59 Å². The van der Waals surface area contributed by atoms with E-state index in [4.69, 9.17) is 4.74 Å². The minimum Gasteiger partial charge on any atom is -0.468 e. The number of aryl methyl sites for hydroxylation is 1. The number of ketones is 1. The first-order valence-corrected chi connectivity index (χ1v) is 12.0. The minimum absolute atomic E-state index is 0.0472. The molecule has 1 atom stereocenters. The van der Waals surface area contributed by atoms with Gasteiger partial charge in [0.1, 0.15) is 5.92 Å². The molecule has 0 saturated heterocycles. The molecule has 0 heterocycles. The smallest absolute Gasteiger partial charge is 0.416 e. The number of alkyl halides is 6. The highest BCUT2D eigenvalue weighted by molar-refractivity contribution is 6.11. The van der Waals surface area contributed by atoms with Crippen LogP contribution in [-0.4, -0.2) is 24.9 Å². The van der Waals surface area contributed by atoms with E-state index in [9.17, 15) is 40.7 Å². The zero-order valence-electron chi connectivity index (χ0n) is 21.2. The molecule has 3 aromatic rings. The van der Waals surface area contributed by atoms with Gasteiger partial charge in [0.05, 0.1) is 23.9 Å². The summed E-state index contributed by atoms with van der Waals surface area (Å²) in [5.41, 5.74) is -2.20. The number of urea groups is 1. The summed E-state index contributed by atoms with van der Waals surface area (Å²) in [6, 6.07) is 10.7. The van der Waals surface area contributed by atoms with Crippen LogP contribution in [0, 0.1) is 17.8 Å². The molecule has 0 saturated carbocycles. The number of esters is 1. The van der Waals surface area contributed by atoms with Gasteiger partial charge >= 0.3 is 24.4 Å². The number of halogens is 6. The van der Waals surface area contributed by atoms with Gasteiger partial charge in [-0.2, -0.15) is 26.3 Å². The largest absolute Gasteiger partial charge is 0.468 e. The second kappa shape index (κ2) is 11.4. The third-order valence-corrected chi connectivity index (χ3v) is 6.25. The highest BCUT2D eigenvalue weighted by Crippen LogP contribution is 2.37. The molecular formula is C29H20F6N2O4. The number of rotatable bonds is 3. The maximum absolute atomic E-state index is 13.2. The van der Waals surface area contributed by atoms with Crippen LogP contribution >= 0.6 is 0 Å². The topological polar surface area (TPSA) is 84.5 Å². The van der Waals surface area contributed by atoms with Crippen molar-refractivity contribution in [3.8, 4) is 11.8 Å². The number of fused-ring (bicyclic) bond motifs is 1. The third kappa shape index (κ3) is 6.69. The molecule has 41 heavy (non-hydrogen) atoms. The van der Waals surface area contributed by atoms with Crippen molar-refractivity contribution in [3.05, 3.63) is 94.0 Å². The summed E-state index contributed by atoms with van der Waals surface area (Å²) >= 11 is 0. The molecule has 2 amide bonds. The van der Waals surface area contributed by atoms with Gasteiger partial charge in [-0.1, -0.05) is 36.1 Å². The highest BCUT2D eigenvalue weighted by atomic mass is 19.4. The average Bonchev–Trinajstić information content (AvgIpc) is 2.91. The molecule has 0 bridgehead atoms. The number of hydrogen-bond acceptors (Lipinski definition) is 4. The Bertz CT molecular complexity index is 1550. The second-order valence-corrected chi connectivity index (χ2v) is 8.99. The SMILES string of the molecule is COC(=O)[C@@H]1CCc2cccc(C#Cc3ccccc3NC(=O)Nc3cc(C(F)(F)F)cc(C(F)(F)F)c3)c2C1=O. The van der Waals surface area contributed by atoms with Crippen LogP contribution in [0.2, 0.25) is 0 Å². The molecule has 2 N–H and O–H groups in total. The number of methoxy groups -OCH3 is 1. The number of amides is 2. The van der Waals surface area contributed by atoms with Crippen LogP contribution in [-0.2, 0) is 28.3 Å². The standard InChI is InChI=1S/C29H20F6N2O4/c1-41-26(39)22-12-11-18-7-4-6-17(24(18)25(22)38)10-9-16-5-2-3-8-23(16)37-27(40)36-21-14-19(28(30,31)32)13-20(15-21)29(33,34)35/h2-8,13-15,22H,11-12H2,1H3,(H2,36,37,40)/t22-/m1/s1. The number of carbonyl (C=O) groups excluding carboxylic acids is 3. The van der Waals surface area contributed by atoms with Crippen LogP contribution < -0.4 is 10.6 Å². The number of para-hydroxylation sites is 1.